The van der Waals surface area contributed by atoms with E-state index in [1.54, 1.807) is 20.9 Å². The number of carboxylic acids is 1. The van der Waals surface area contributed by atoms with Crippen molar-refractivity contribution >= 4 is 29.2 Å². The molecule has 3 amide bonds. The summed E-state index contributed by atoms with van der Waals surface area (Å²) in [7, 11) is 1.56. The van der Waals surface area contributed by atoms with E-state index in [1.165, 1.54) is 40.0 Å². The second kappa shape index (κ2) is 8.65. The number of likely N-dealkylation sites (N-methyl/N-ethyl adjacent to an activating group) is 1. The molecule has 4 rings (SSSR count). The van der Waals surface area contributed by atoms with E-state index in [2.05, 4.69) is 11.2 Å². The van der Waals surface area contributed by atoms with Crippen LogP contribution in [-0.2, 0) is 16.0 Å². The van der Waals surface area contributed by atoms with Gasteiger partial charge in [0.25, 0.3) is 5.91 Å². The monoisotopic (exact) mass is 453 g/mol. The molecule has 0 aromatic heterocycles. The number of hydrogen-bond donors (Lipinski definition) is 2. The second-order valence-electron chi connectivity index (χ2n) is 9.77. The molecule has 3 aliphatic rings. The second-order valence-corrected chi connectivity index (χ2v) is 9.77. The molecule has 0 unspecified atom stereocenters. The Bertz CT molecular complexity index is 1070. The number of amides is 3. The first-order valence-electron chi connectivity index (χ1n) is 11.5. The van der Waals surface area contributed by atoms with E-state index < -0.39 is 23.5 Å². The van der Waals surface area contributed by atoms with Crippen LogP contribution in [0.2, 0.25) is 0 Å². The molecule has 0 saturated carbocycles. The van der Waals surface area contributed by atoms with Crippen molar-refractivity contribution in [1.29, 1.82) is 0 Å². The number of allylic oxidation sites excluding steroid dienone is 2. The highest BCUT2D eigenvalue weighted by atomic mass is 16.4. The van der Waals surface area contributed by atoms with Crippen molar-refractivity contribution in [3.8, 4) is 0 Å². The van der Waals surface area contributed by atoms with Crippen molar-refractivity contribution in [2.24, 2.45) is 11.1 Å². The minimum atomic E-state index is -1.05. The SMILES string of the molecule is CN1C(=O)N(CC[C@@H](CC(=NO)c2ccc3c(c2)CC2=C3CCCC2)C(=O)O)C(=O)C1(C)C. The van der Waals surface area contributed by atoms with Crippen LogP contribution in [0, 0.1) is 5.92 Å². The first kappa shape index (κ1) is 23.0. The van der Waals surface area contributed by atoms with Crippen LogP contribution in [0.15, 0.2) is 28.9 Å². The Balaban J connectivity index is 1.47. The van der Waals surface area contributed by atoms with Gasteiger partial charge < -0.3 is 15.2 Å². The predicted octanol–water partition coefficient (Wildman–Crippen LogP) is 3.90. The van der Waals surface area contributed by atoms with E-state index in [9.17, 15) is 24.7 Å². The third kappa shape index (κ3) is 4.03. The van der Waals surface area contributed by atoms with Gasteiger partial charge in [-0.05, 0) is 80.7 Å². The van der Waals surface area contributed by atoms with Crippen LogP contribution in [-0.4, -0.2) is 62.9 Å². The molecule has 1 atom stereocenters. The Morgan fingerprint density at radius 1 is 1.21 bits per heavy atom. The maximum Gasteiger partial charge on any atom is 0.327 e. The van der Waals surface area contributed by atoms with Crippen molar-refractivity contribution in [3.63, 3.8) is 0 Å². The number of benzene rings is 1. The van der Waals surface area contributed by atoms with Crippen molar-refractivity contribution in [2.75, 3.05) is 13.6 Å². The largest absolute Gasteiger partial charge is 0.481 e. The number of carbonyl (C=O) groups excluding carboxylic acids is 2. The summed E-state index contributed by atoms with van der Waals surface area (Å²) in [5.41, 5.74) is 5.45. The summed E-state index contributed by atoms with van der Waals surface area (Å²) in [4.78, 5) is 39.5. The van der Waals surface area contributed by atoms with Crippen LogP contribution >= 0.6 is 0 Å². The highest BCUT2D eigenvalue weighted by Gasteiger charge is 2.49. The van der Waals surface area contributed by atoms with Gasteiger partial charge in [-0.15, -0.1) is 0 Å². The van der Waals surface area contributed by atoms with Gasteiger partial charge in [0.05, 0.1) is 11.6 Å². The Labute approximate surface area is 193 Å². The fraction of sp³-hybridized carbons (Fsp3) is 0.520. The zero-order chi connectivity index (χ0) is 23.9. The van der Waals surface area contributed by atoms with Crippen molar-refractivity contribution < 1.29 is 24.7 Å². The topological polar surface area (TPSA) is 111 Å². The lowest BCUT2D eigenvalue weighted by molar-refractivity contribution is -0.142. The molecular weight excluding hydrogens is 422 g/mol. The summed E-state index contributed by atoms with van der Waals surface area (Å²) in [5.74, 6) is -2.29. The summed E-state index contributed by atoms with van der Waals surface area (Å²) in [6, 6.07) is 5.52. The van der Waals surface area contributed by atoms with E-state index in [-0.39, 0.29) is 25.3 Å². The van der Waals surface area contributed by atoms with Gasteiger partial charge in [0, 0.05) is 20.0 Å². The third-order valence-corrected chi connectivity index (χ3v) is 7.49. The third-order valence-electron chi connectivity index (χ3n) is 7.49. The number of rotatable bonds is 7. The van der Waals surface area contributed by atoms with Crippen LogP contribution in [0.4, 0.5) is 4.79 Å². The number of fused-ring (bicyclic) bond motifs is 2. The van der Waals surface area contributed by atoms with Gasteiger partial charge in [-0.3, -0.25) is 14.5 Å². The molecule has 0 spiro atoms. The van der Waals surface area contributed by atoms with E-state index in [0.717, 1.165) is 24.2 Å². The maximum absolute atomic E-state index is 12.6. The fourth-order valence-electron chi connectivity index (χ4n) is 5.16. The van der Waals surface area contributed by atoms with Crippen molar-refractivity contribution in [2.45, 2.75) is 64.3 Å². The van der Waals surface area contributed by atoms with Gasteiger partial charge in [-0.1, -0.05) is 22.9 Å². The molecule has 0 bridgehead atoms. The fourth-order valence-corrected chi connectivity index (χ4v) is 5.16. The van der Waals surface area contributed by atoms with Gasteiger partial charge in [0.2, 0.25) is 0 Å². The zero-order valence-electron chi connectivity index (χ0n) is 19.4. The van der Waals surface area contributed by atoms with Crippen molar-refractivity contribution in [1.82, 2.24) is 9.80 Å². The molecule has 2 aliphatic carbocycles. The number of carboxylic acid groups (broad SMARTS) is 1. The van der Waals surface area contributed by atoms with Crippen LogP contribution < -0.4 is 0 Å². The maximum atomic E-state index is 12.6. The van der Waals surface area contributed by atoms with Gasteiger partial charge in [-0.2, -0.15) is 0 Å². The lowest BCUT2D eigenvalue weighted by Crippen LogP contribution is -2.41. The minimum absolute atomic E-state index is 0.00192. The molecule has 8 nitrogen and oxygen atoms in total. The van der Waals surface area contributed by atoms with Crippen LogP contribution in [0.1, 0.15) is 69.1 Å². The van der Waals surface area contributed by atoms with Gasteiger partial charge in [0.1, 0.15) is 5.54 Å². The Morgan fingerprint density at radius 2 is 1.94 bits per heavy atom. The molecule has 0 radical (unpaired) electrons. The highest BCUT2D eigenvalue weighted by Crippen LogP contribution is 2.41. The molecule has 1 aromatic carbocycles. The summed E-state index contributed by atoms with van der Waals surface area (Å²) in [6.07, 6.45) is 5.65. The van der Waals surface area contributed by atoms with Gasteiger partial charge in [0.15, 0.2) is 0 Å². The summed E-state index contributed by atoms with van der Waals surface area (Å²) < 4.78 is 0. The summed E-state index contributed by atoms with van der Waals surface area (Å²) in [5, 5.41) is 22.9. The average molecular weight is 454 g/mol. The lowest BCUT2D eigenvalue weighted by Gasteiger charge is -2.22. The molecule has 33 heavy (non-hydrogen) atoms. The number of imide groups is 1. The van der Waals surface area contributed by atoms with E-state index >= 15 is 0 Å². The molecule has 1 fully saturated rings. The smallest absolute Gasteiger partial charge is 0.327 e. The van der Waals surface area contributed by atoms with Crippen molar-refractivity contribution in [3.05, 3.63) is 40.5 Å². The number of aliphatic carboxylic acids is 1. The number of carbonyl (C=O) groups is 3. The molecular formula is C25H31N3O5. The Kier molecular flexibility index (Phi) is 6.03. The molecule has 1 aliphatic heterocycles. The van der Waals surface area contributed by atoms with Crippen LogP contribution in [0.25, 0.3) is 5.57 Å². The summed E-state index contributed by atoms with van der Waals surface area (Å²) in [6.45, 7) is 3.33. The summed E-state index contributed by atoms with van der Waals surface area (Å²) >= 11 is 0. The molecule has 1 aromatic rings. The average Bonchev–Trinajstić information content (AvgIpc) is 3.23. The number of oxime groups is 1. The molecule has 2 N–H and O–H groups in total. The van der Waals surface area contributed by atoms with Crippen LogP contribution in [0.3, 0.4) is 0 Å². The van der Waals surface area contributed by atoms with E-state index in [0.29, 0.717) is 11.3 Å². The van der Waals surface area contributed by atoms with E-state index in [4.69, 9.17) is 0 Å². The normalized spacial score (nSPS) is 20.9. The molecule has 8 heteroatoms. The minimum Gasteiger partial charge on any atom is -0.481 e. The van der Waals surface area contributed by atoms with Gasteiger partial charge in [-0.25, -0.2) is 4.79 Å². The quantitative estimate of drug-likeness (QED) is 0.282. The number of hydrogen-bond acceptors (Lipinski definition) is 5. The number of urea groups is 1. The molecule has 1 saturated heterocycles. The molecule has 176 valence electrons. The predicted molar refractivity (Wildman–Crippen MR) is 123 cm³/mol. The van der Waals surface area contributed by atoms with Gasteiger partial charge >= 0.3 is 12.0 Å². The Hall–Kier alpha value is -3.16. The van der Waals surface area contributed by atoms with E-state index in [1.807, 2.05) is 12.1 Å². The number of nitrogens with zero attached hydrogens (tertiary/aromatic N) is 3. The standard InChI is InChI=1S/C25H31N3O5/c1-25(2)23(31)28(24(32)27(25)3)11-10-17(22(29)30)14-21(26-33)16-8-9-20-18(13-16)12-15-6-4-5-7-19(15)20/h8-9,13,17,33H,4-7,10-12,14H2,1-3H3,(H,29,30)/t17-/m0/s1. The zero-order valence-corrected chi connectivity index (χ0v) is 19.4. The van der Waals surface area contributed by atoms with Crippen LogP contribution in [0.5, 0.6) is 0 Å². The highest BCUT2D eigenvalue weighted by molar-refractivity contribution is 6.06. The lowest BCUT2D eigenvalue weighted by atomic mass is 9.91. The first-order valence-corrected chi connectivity index (χ1v) is 11.5. The molecule has 1 heterocycles. The first-order chi connectivity index (χ1) is 15.6. The Morgan fingerprint density at radius 3 is 2.58 bits per heavy atom.